The summed E-state index contributed by atoms with van der Waals surface area (Å²) in [6.45, 7) is 3.56. The largest absolute Gasteiger partial charge is 0.465 e. The quantitative estimate of drug-likeness (QED) is 0.559. The summed E-state index contributed by atoms with van der Waals surface area (Å²) in [7, 11) is 0. The van der Waals surface area contributed by atoms with E-state index < -0.39 is 60.0 Å². The van der Waals surface area contributed by atoms with Crippen molar-refractivity contribution >= 4 is 11.9 Å². The van der Waals surface area contributed by atoms with Crippen LogP contribution >= 0.6 is 0 Å². The number of rotatable bonds is 5. The van der Waals surface area contributed by atoms with E-state index in [0.29, 0.717) is 13.3 Å². The number of ether oxygens (including phenoxy) is 3. The highest BCUT2D eigenvalue weighted by molar-refractivity contribution is 5.72. The number of esters is 2. The Morgan fingerprint density at radius 2 is 1.78 bits per heavy atom. The van der Waals surface area contributed by atoms with Gasteiger partial charge in [0.15, 0.2) is 5.60 Å². The van der Waals surface area contributed by atoms with Crippen LogP contribution in [0.25, 0.3) is 0 Å². The number of halogens is 5. The van der Waals surface area contributed by atoms with Crippen molar-refractivity contribution in [3.63, 3.8) is 0 Å². The smallest absolute Gasteiger partial charge is 0.449 e. The van der Waals surface area contributed by atoms with E-state index in [0.717, 1.165) is 13.8 Å². The lowest BCUT2D eigenvalue weighted by atomic mass is 9.67. The van der Waals surface area contributed by atoms with Gasteiger partial charge in [0.1, 0.15) is 6.61 Å². The Labute approximate surface area is 152 Å². The lowest BCUT2D eigenvalue weighted by molar-refractivity contribution is -0.488. The first-order valence-corrected chi connectivity index (χ1v) is 8.16. The molecule has 0 spiro atoms. The summed E-state index contributed by atoms with van der Waals surface area (Å²) in [5.41, 5.74) is -5.27. The van der Waals surface area contributed by atoms with Gasteiger partial charge in [0.25, 0.3) is 0 Å². The van der Waals surface area contributed by atoms with Crippen LogP contribution in [0.1, 0.15) is 41.0 Å². The first-order valence-electron chi connectivity index (χ1n) is 8.16. The van der Waals surface area contributed by atoms with E-state index in [4.69, 9.17) is 4.74 Å². The van der Waals surface area contributed by atoms with Crippen molar-refractivity contribution in [2.75, 3.05) is 13.2 Å². The minimum atomic E-state index is -5.88. The molecule has 4 atom stereocenters. The monoisotopic (exact) mass is 406 g/mol. The summed E-state index contributed by atoms with van der Waals surface area (Å²) < 4.78 is 82.9. The SMILES string of the molecule is CCC(C)C(=O)OCC1(C)COC(O)(C(F)(F)F)C(F)(F)C1(C)OC(C)=O. The molecular weight excluding hydrogens is 383 g/mol. The lowest BCUT2D eigenvalue weighted by Crippen LogP contribution is -2.79. The van der Waals surface area contributed by atoms with Gasteiger partial charge in [-0.2, -0.15) is 22.0 Å². The van der Waals surface area contributed by atoms with Crippen molar-refractivity contribution in [1.82, 2.24) is 0 Å². The standard InChI is InChI=1S/C16H23F5O6/c1-6-9(2)11(23)25-7-12(4)8-26-15(24,16(19,20)21)14(17,18)13(12,5)27-10(3)22/h9,24H,6-8H2,1-5H3. The summed E-state index contributed by atoms with van der Waals surface area (Å²) in [6.07, 6.45) is -5.50. The van der Waals surface area contributed by atoms with Gasteiger partial charge in [-0.05, 0) is 13.3 Å². The molecule has 0 saturated carbocycles. The molecule has 6 nitrogen and oxygen atoms in total. The van der Waals surface area contributed by atoms with Crippen LogP contribution in [0.2, 0.25) is 0 Å². The van der Waals surface area contributed by atoms with Gasteiger partial charge >= 0.3 is 29.8 Å². The van der Waals surface area contributed by atoms with Gasteiger partial charge in [-0.25, -0.2) is 0 Å². The highest BCUT2D eigenvalue weighted by atomic mass is 19.4. The molecule has 1 N–H and O–H groups in total. The van der Waals surface area contributed by atoms with Gasteiger partial charge in [0, 0.05) is 6.92 Å². The predicted molar refractivity (Wildman–Crippen MR) is 80.6 cm³/mol. The fraction of sp³-hybridized carbons (Fsp3) is 0.875. The summed E-state index contributed by atoms with van der Waals surface area (Å²) >= 11 is 0. The summed E-state index contributed by atoms with van der Waals surface area (Å²) in [6, 6.07) is 0. The molecule has 4 unspecified atom stereocenters. The third kappa shape index (κ3) is 3.63. The van der Waals surface area contributed by atoms with Crippen LogP contribution in [0.4, 0.5) is 22.0 Å². The molecule has 0 aromatic heterocycles. The number of carbonyl (C=O) groups excluding carboxylic acids is 2. The number of aliphatic hydroxyl groups is 1. The molecule has 1 rings (SSSR count). The maximum absolute atomic E-state index is 14.9. The molecular formula is C16H23F5O6. The normalized spacial score (nSPS) is 34.6. The molecule has 158 valence electrons. The Morgan fingerprint density at radius 1 is 1.26 bits per heavy atom. The van der Waals surface area contributed by atoms with Gasteiger partial charge in [-0.3, -0.25) is 9.59 Å². The van der Waals surface area contributed by atoms with Crippen molar-refractivity contribution in [2.24, 2.45) is 11.3 Å². The highest BCUT2D eigenvalue weighted by Gasteiger charge is 2.84. The zero-order valence-corrected chi connectivity index (χ0v) is 15.6. The Hall–Kier alpha value is -1.49. The van der Waals surface area contributed by atoms with Crippen LogP contribution in [0, 0.1) is 11.3 Å². The van der Waals surface area contributed by atoms with Crippen molar-refractivity contribution in [2.45, 2.75) is 64.5 Å². The average Bonchev–Trinajstić information content (AvgIpc) is 2.53. The van der Waals surface area contributed by atoms with Crippen LogP contribution in [-0.4, -0.2) is 53.7 Å². The fourth-order valence-corrected chi connectivity index (χ4v) is 2.65. The van der Waals surface area contributed by atoms with E-state index in [1.54, 1.807) is 6.92 Å². The molecule has 0 aliphatic carbocycles. The molecule has 1 fully saturated rings. The molecule has 11 heteroatoms. The van der Waals surface area contributed by atoms with Crippen molar-refractivity contribution in [3.8, 4) is 0 Å². The first-order chi connectivity index (χ1) is 12.0. The molecule has 0 amide bonds. The Kier molecular flexibility index (Phi) is 6.24. The minimum Gasteiger partial charge on any atom is -0.465 e. The van der Waals surface area contributed by atoms with Crippen LogP contribution in [0.3, 0.4) is 0 Å². The topological polar surface area (TPSA) is 82.1 Å². The van der Waals surface area contributed by atoms with Crippen molar-refractivity contribution in [3.05, 3.63) is 0 Å². The highest BCUT2D eigenvalue weighted by Crippen LogP contribution is 2.59. The molecule has 0 bridgehead atoms. The summed E-state index contributed by atoms with van der Waals surface area (Å²) in [5.74, 6) is -12.6. The molecule has 27 heavy (non-hydrogen) atoms. The zero-order valence-electron chi connectivity index (χ0n) is 15.6. The Bertz CT molecular complexity index is 594. The third-order valence-corrected chi connectivity index (χ3v) is 5.06. The van der Waals surface area contributed by atoms with Crippen LogP contribution in [0.15, 0.2) is 0 Å². The second kappa shape index (κ2) is 7.16. The van der Waals surface area contributed by atoms with E-state index in [2.05, 4.69) is 9.47 Å². The van der Waals surface area contributed by atoms with Crippen molar-refractivity contribution in [1.29, 1.82) is 0 Å². The third-order valence-electron chi connectivity index (χ3n) is 5.06. The van der Waals surface area contributed by atoms with Gasteiger partial charge in [0.05, 0.1) is 17.9 Å². The number of carbonyl (C=O) groups is 2. The second-order valence-corrected chi connectivity index (χ2v) is 7.11. The van der Waals surface area contributed by atoms with Crippen LogP contribution in [0.5, 0.6) is 0 Å². The Balaban J connectivity index is 3.38. The second-order valence-electron chi connectivity index (χ2n) is 7.11. The molecule has 0 aromatic carbocycles. The van der Waals surface area contributed by atoms with Gasteiger partial charge in [-0.1, -0.05) is 20.8 Å². The molecule has 1 saturated heterocycles. The van der Waals surface area contributed by atoms with E-state index in [-0.39, 0.29) is 0 Å². The number of alkyl halides is 5. The molecule has 1 heterocycles. The summed E-state index contributed by atoms with van der Waals surface area (Å²) in [4.78, 5) is 23.2. The lowest BCUT2D eigenvalue weighted by Gasteiger charge is -2.56. The van der Waals surface area contributed by atoms with Crippen molar-refractivity contribution < 1.29 is 50.9 Å². The fourth-order valence-electron chi connectivity index (χ4n) is 2.65. The van der Waals surface area contributed by atoms with Crippen LogP contribution in [-0.2, 0) is 23.8 Å². The van der Waals surface area contributed by atoms with Crippen LogP contribution < -0.4 is 0 Å². The number of hydrogen-bond donors (Lipinski definition) is 1. The maximum atomic E-state index is 14.9. The molecule has 1 aliphatic heterocycles. The number of hydrogen-bond acceptors (Lipinski definition) is 6. The Morgan fingerprint density at radius 3 is 2.19 bits per heavy atom. The van der Waals surface area contributed by atoms with E-state index in [1.807, 2.05) is 0 Å². The maximum Gasteiger partial charge on any atom is 0.449 e. The molecule has 0 aromatic rings. The van der Waals surface area contributed by atoms with E-state index in [1.165, 1.54) is 6.92 Å². The minimum absolute atomic E-state index is 0.386. The van der Waals surface area contributed by atoms with E-state index in [9.17, 15) is 36.6 Å². The van der Waals surface area contributed by atoms with Gasteiger partial charge < -0.3 is 19.3 Å². The zero-order chi connectivity index (χ0) is 21.5. The van der Waals surface area contributed by atoms with E-state index >= 15 is 0 Å². The molecule has 1 aliphatic rings. The first kappa shape index (κ1) is 23.5. The molecule has 0 radical (unpaired) electrons. The average molecular weight is 406 g/mol. The van der Waals surface area contributed by atoms with Gasteiger partial charge in [0.2, 0.25) is 0 Å². The van der Waals surface area contributed by atoms with Gasteiger partial charge in [-0.15, -0.1) is 0 Å². The predicted octanol–water partition coefficient (Wildman–Crippen LogP) is 2.82. The summed E-state index contributed by atoms with van der Waals surface area (Å²) in [5, 5.41) is 9.62.